The van der Waals surface area contributed by atoms with Gasteiger partial charge in [0.25, 0.3) is 0 Å². The van der Waals surface area contributed by atoms with Crippen molar-refractivity contribution < 1.29 is 23.7 Å². The number of aryl methyl sites for hydroxylation is 1. The van der Waals surface area contributed by atoms with Gasteiger partial charge in [-0.2, -0.15) is 0 Å². The Labute approximate surface area is 192 Å². The summed E-state index contributed by atoms with van der Waals surface area (Å²) in [5.74, 6) is 2.30. The number of benzene rings is 2. The maximum atomic E-state index is 13.0. The van der Waals surface area contributed by atoms with Crippen molar-refractivity contribution >= 4 is 11.6 Å². The van der Waals surface area contributed by atoms with Gasteiger partial charge in [-0.05, 0) is 43.4 Å². The van der Waals surface area contributed by atoms with Gasteiger partial charge in [0.2, 0.25) is 5.91 Å². The van der Waals surface area contributed by atoms with Crippen molar-refractivity contribution in [2.24, 2.45) is 5.41 Å². The van der Waals surface area contributed by atoms with E-state index in [0.29, 0.717) is 36.0 Å². The molecule has 0 radical (unpaired) electrons. The summed E-state index contributed by atoms with van der Waals surface area (Å²) in [7, 11) is 4.66. The van der Waals surface area contributed by atoms with Crippen molar-refractivity contribution in [3.8, 4) is 23.0 Å². The van der Waals surface area contributed by atoms with Gasteiger partial charge < -0.3 is 24.3 Å². The third-order valence-electron chi connectivity index (χ3n) is 5.53. The van der Waals surface area contributed by atoms with Crippen LogP contribution < -0.4 is 24.3 Å². The smallest absolute Gasteiger partial charge is 0.230 e. The standard InChI is InChI=1S/C26H37NO5/c1-7-8-10-19-11-13-20(14-12-19)32-16-9-15-26(2,3)25(28)27-24-22(30-5)17-21(29-4)18-23(24)31-6/h11-14,17-18H,7-10,15-16H2,1-6H3,(H,27,28). The van der Waals surface area contributed by atoms with E-state index in [1.165, 1.54) is 18.4 Å². The molecule has 2 rings (SSSR count). The van der Waals surface area contributed by atoms with Crippen molar-refractivity contribution in [2.45, 2.75) is 52.9 Å². The van der Waals surface area contributed by atoms with Crippen LogP contribution in [0.1, 0.15) is 52.0 Å². The lowest BCUT2D eigenvalue weighted by atomic mass is 9.86. The molecule has 0 aromatic heterocycles. The van der Waals surface area contributed by atoms with Crippen LogP contribution in [0.15, 0.2) is 36.4 Å². The Morgan fingerprint density at radius 2 is 1.53 bits per heavy atom. The summed E-state index contributed by atoms with van der Waals surface area (Å²) in [5.41, 5.74) is 1.23. The van der Waals surface area contributed by atoms with Gasteiger partial charge in [-0.15, -0.1) is 0 Å². The topological polar surface area (TPSA) is 66.0 Å². The predicted molar refractivity (Wildman–Crippen MR) is 128 cm³/mol. The van der Waals surface area contributed by atoms with Crippen molar-refractivity contribution in [1.29, 1.82) is 0 Å². The van der Waals surface area contributed by atoms with Gasteiger partial charge in [0.15, 0.2) is 0 Å². The highest BCUT2D eigenvalue weighted by molar-refractivity contribution is 5.97. The zero-order valence-corrected chi connectivity index (χ0v) is 20.2. The van der Waals surface area contributed by atoms with E-state index >= 15 is 0 Å². The highest BCUT2D eigenvalue weighted by Gasteiger charge is 2.29. The number of amides is 1. The molecule has 0 unspecified atom stereocenters. The molecular weight excluding hydrogens is 406 g/mol. The van der Waals surface area contributed by atoms with Crippen LogP contribution in [-0.4, -0.2) is 33.8 Å². The summed E-state index contributed by atoms with van der Waals surface area (Å²) < 4.78 is 22.0. The molecule has 0 aliphatic carbocycles. The minimum absolute atomic E-state index is 0.112. The number of nitrogens with one attached hydrogen (secondary N) is 1. The molecular formula is C26H37NO5. The van der Waals surface area contributed by atoms with E-state index in [9.17, 15) is 4.79 Å². The van der Waals surface area contributed by atoms with Crippen molar-refractivity contribution in [2.75, 3.05) is 33.3 Å². The average molecular weight is 444 g/mol. The van der Waals surface area contributed by atoms with E-state index in [0.717, 1.165) is 18.6 Å². The molecule has 176 valence electrons. The molecule has 2 aromatic rings. The predicted octanol–water partition coefficient (Wildman–Crippen LogP) is 5.88. The normalized spacial score (nSPS) is 11.1. The van der Waals surface area contributed by atoms with E-state index in [-0.39, 0.29) is 5.91 Å². The summed E-state index contributed by atoms with van der Waals surface area (Å²) in [6.07, 6.45) is 4.93. The van der Waals surface area contributed by atoms with Crippen molar-refractivity contribution in [1.82, 2.24) is 0 Å². The second-order valence-electron chi connectivity index (χ2n) is 8.44. The van der Waals surface area contributed by atoms with Gasteiger partial charge in [0, 0.05) is 17.5 Å². The van der Waals surface area contributed by atoms with Crippen molar-refractivity contribution in [3.05, 3.63) is 42.0 Å². The van der Waals surface area contributed by atoms with Crippen molar-refractivity contribution in [3.63, 3.8) is 0 Å². The van der Waals surface area contributed by atoms with E-state index in [4.69, 9.17) is 18.9 Å². The maximum Gasteiger partial charge on any atom is 0.230 e. The van der Waals surface area contributed by atoms with Crippen LogP contribution in [-0.2, 0) is 11.2 Å². The molecule has 0 atom stereocenters. The van der Waals surface area contributed by atoms with Gasteiger partial charge in [-0.25, -0.2) is 0 Å². The van der Waals surface area contributed by atoms with Crippen LogP contribution >= 0.6 is 0 Å². The fourth-order valence-corrected chi connectivity index (χ4v) is 3.36. The van der Waals surface area contributed by atoms with E-state index < -0.39 is 5.41 Å². The van der Waals surface area contributed by atoms with E-state index in [1.807, 2.05) is 26.0 Å². The van der Waals surface area contributed by atoms with Gasteiger partial charge in [0.05, 0.1) is 27.9 Å². The minimum Gasteiger partial charge on any atom is -0.496 e. The first kappa shape index (κ1) is 25.4. The Morgan fingerprint density at radius 1 is 0.906 bits per heavy atom. The monoisotopic (exact) mass is 443 g/mol. The van der Waals surface area contributed by atoms with Crippen LogP contribution in [0.2, 0.25) is 0 Å². The molecule has 1 amide bonds. The second-order valence-corrected chi connectivity index (χ2v) is 8.44. The van der Waals surface area contributed by atoms with Crippen LogP contribution in [0.3, 0.4) is 0 Å². The number of rotatable bonds is 13. The fourth-order valence-electron chi connectivity index (χ4n) is 3.36. The quantitative estimate of drug-likeness (QED) is 0.392. The first-order valence-electron chi connectivity index (χ1n) is 11.2. The second kappa shape index (κ2) is 12.2. The lowest BCUT2D eigenvalue weighted by molar-refractivity contribution is -0.124. The van der Waals surface area contributed by atoms with Crippen LogP contribution in [0.5, 0.6) is 23.0 Å². The summed E-state index contributed by atoms with van der Waals surface area (Å²) in [5, 5.41) is 2.97. The summed E-state index contributed by atoms with van der Waals surface area (Å²) in [6.45, 7) is 6.60. The number of hydrogen-bond donors (Lipinski definition) is 1. The largest absolute Gasteiger partial charge is 0.496 e. The highest BCUT2D eigenvalue weighted by Crippen LogP contribution is 2.40. The zero-order valence-electron chi connectivity index (χ0n) is 20.2. The molecule has 0 aliphatic heterocycles. The summed E-state index contributed by atoms with van der Waals surface area (Å²) >= 11 is 0. The molecule has 2 aromatic carbocycles. The minimum atomic E-state index is -0.594. The molecule has 32 heavy (non-hydrogen) atoms. The number of ether oxygens (including phenoxy) is 4. The molecule has 6 nitrogen and oxygen atoms in total. The third-order valence-corrected chi connectivity index (χ3v) is 5.53. The number of hydrogen-bond acceptors (Lipinski definition) is 5. The summed E-state index contributed by atoms with van der Waals surface area (Å²) in [6, 6.07) is 11.7. The van der Waals surface area contributed by atoms with Crippen LogP contribution in [0, 0.1) is 5.41 Å². The van der Waals surface area contributed by atoms with Gasteiger partial charge >= 0.3 is 0 Å². The molecule has 0 fully saturated rings. The fraction of sp³-hybridized carbons (Fsp3) is 0.500. The van der Waals surface area contributed by atoms with E-state index in [2.05, 4.69) is 24.4 Å². The molecule has 0 heterocycles. The molecule has 0 saturated carbocycles. The lowest BCUT2D eigenvalue weighted by Gasteiger charge is -2.25. The number of carbonyl (C=O) groups excluding carboxylic acids is 1. The molecule has 1 N–H and O–H groups in total. The zero-order chi connectivity index (χ0) is 23.6. The summed E-state index contributed by atoms with van der Waals surface area (Å²) in [4.78, 5) is 13.0. The van der Waals surface area contributed by atoms with Gasteiger partial charge in [0.1, 0.15) is 28.7 Å². The molecule has 6 heteroatoms. The van der Waals surface area contributed by atoms with Gasteiger partial charge in [-0.1, -0.05) is 39.3 Å². The number of methoxy groups -OCH3 is 3. The first-order valence-corrected chi connectivity index (χ1v) is 11.2. The number of anilines is 1. The Hall–Kier alpha value is -2.89. The Balaban J connectivity index is 1.91. The van der Waals surface area contributed by atoms with Crippen LogP contribution in [0.4, 0.5) is 5.69 Å². The average Bonchev–Trinajstić information content (AvgIpc) is 2.81. The first-order chi connectivity index (χ1) is 15.3. The lowest BCUT2D eigenvalue weighted by Crippen LogP contribution is -2.31. The Bertz CT molecular complexity index is 836. The molecule has 0 aliphatic rings. The Morgan fingerprint density at radius 3 is 2.06 bits per heavy atom. The number of unbranched alkanes of at least 4 members (excludes halogenated alkanes) is 1. The molecule has 0 saturated heterocycles. The maximum absolute atomic E-state index is 13.0. The molecule has 0 spiro atoms. The SMILES string of the molecule is CCCCc1ccc(OCCCC(C)(C)C(=O)Nc2c(OC)cc(OC)cc2OC)cc1. The third kappa shape index (κ3) is 7.08. The highest BCUT2D eigenvalue weighted by atomic mass is 16.5. The molecule has 0 bridgehead atoms. The van der Waals surface area contributed by atoms with E-state index in [1.54, 1.807) is 33.5 Å². The van der Waals surface area contributed by atoms with Gasteiger partial charge in [-0.3, -0.25) is 4.79 Å². The number of carbonyl (C=O) groups is 1. The van der Waals surface area contributed by atoms with Crippen LogP contribution in [0.25, 0.3) is 0 Å². The Kier molecular flexibility index (Phi) is 9.69.